The second kappa shape index (κ2) is 5.80. The maximum absolute atomic E-state index is 6.31. The highest BCUT2D eigenvalue weighted by molar-refractivity contribution is 6.33. The zero-order valence-corrected chi connectivity index (χ0v) is 11.6. The number of para-hydroxylation sites is 1. The minimum absolute atomic E-state index is 0.695. The van der Waals surface area contributed by atoms with E-state index >= 15 is 0 Å². The summed E-state index contributed by atoms with van der Waals surface area (Å²) in [7, 11) is 0. The molecule has 3 aromatic rings. The standard InChI is InChI=1S/C16H14ClN3/c17-14-7-4-8-15(16(14)20-10-9-18-12-20)19-11-13-5-2-1-3-6-13/h1-10,12,19H,11H2. The third-order valence-electron chi connectivity index (χ3n) is 3.08. The van der Waals surface area contributed by atoms with Crippen LogP contribution in [0.2, 0.25) is 5.02 Å². The van der Waals surface area contributed by atoms with Crippen LogP contribution in [-0.4, -0.2) is 9.55 Å². The van der Waals surface area contributed by atoms with Crippen LogP contribution in [0.1, 0.15) is 5.56 Å². The van der Waals surface area contributed by atoms with Crippen molar-refractivity contribution in [3.8, 4) is 5.69 Å². The van der Waals surface area contributed by atoms with Crippen molar-refractivity contribution in [2.24, 2.45) is 0 Å². The molecule has 100 valence electrons. The van der Waals surface area contributed by atoms with Gasteiger partial charge in [0.1, 0.15) is 0 Å². The normalized spacial score (nSPS) is 10.4. The lowest BCUT2D eigenvalue weighted by Crippen LogP contribution is -2.04. The molecule has 0 aliphatic heterocycles. The first-order valence-electron chi connectivity index (χ1n) is 6.39. The summed E-state index contributed by atoms with van der Waals surface area (Å²) in [6, 6.07) is 16.1. The van der Waals surface area contributed by atoms with Crippen LogP contribution in [0.3, 0.4) is 0 Å². The van der Waals surface area contributed by atoms with Crippen LogP contribution in [0.5, 0.6) is 0 Å². The first kappa shape index (κ1) is 12.8. The fourth-order valence-corrected chi connectivity index (χ4v) is 2.38. The molecule has 0 unspecified atom stereocenters. The molecule has 3 rings (SSSR count). The molecule has 0 amide bonds. The largest absolute Gasteiger partial charge is 0.379 e. The minimum atomic E-state index is 0.695. The van der Waals surface area contributed by atoms with Crippen molar-refractivity contribution < 1.29 is 0 Å². The molecule has 1 aromatic heterocycles. The van der Waals surface area contributed by atoms with Gasteiger partial charge >= 0.3 is 0 Å². The minimum Gasteiger partial charge on any atom is -0.379 e. The summed E-state index contributed by atoms with van der Waals surface area (Å²) in [4.78, 5) is 4.08. The van der Waals surface area contributed by atoms with E-state index in [-0.39, 0.29) is 0 Å². The molecular formula is C16H14ClN3. The van der Waals surface area contributed by atoms with Gasteiger partial charge in [-0.2, -0.15) is 0 Å². The topological polar surface area (TPSA) is 29.9 Å². The highest BCUT2D eigenvalue weighted by Crippen LogP contribution is 2.28. The van der Waals surface area contributed by atoms with Gasteiger partial charge in [0.05, 0.1) is 22.7 Å². The zero-order valence-electron chi connectivity index (χ0n) is 10.8. The van der Waals surface area contributed by atoms with Crippen LogP contribution in [0.25, 0.3) is 5.69 Å². The van der Waals surface area contributed by atoms with E-state index in [9.17, 15) is 0 Å². The maximum atomic E-state index is 6.31. The van der Waals surface area contributed by atoms with Gasteiger partial charge < -0.3 is 9.88 Å². The van der Waals surface area contributed by atoms with E-state index in [1.54, 1.807) is 12.5 Å². The van der Waals surface area contributed by atoms with E-state index in [0.29, 0.717) is 5.02 Å². The lowest BCUT2D eigenvalue weighted by Gasteiger charge is -2.14. The summed E-state index contributed by atoms with van der Waals surface area (Å²) >= 11 is 6.31. The van der Waals surface area contributed by atoms with Gasteiger partial charge in [0, 0.05) is 18.9 Å². The molecule has 3 nitrogen and oxygen atoms in total. The van der Waals surface area contributed by atoms with Crippen molar-refractivity contribution in [2.75, 3.05) is 5.32 Å². The van der Waals surface area contributed by atoms with E-state index < -0.39 is 0 Å². The average Bonchev–Trinajstić information content (AvgIpc) is 3.00. The third-order valence-corrected chi connectivity index (χ3v) is 3.38. The third kappa shape index (κ3) is 2.68. The Labute approximate surface area is 122 Å². The number of anilines is 1. The molecular weight excluding hydrogens is 270 g/mol. The van der Waals surface area contributed by atoms with Crippen LogP contribution in [0.15, 0.2) is 67.3 Å². The van der Waals surface area contributed by atoms with Gasteiger partial charge in [-0.25, -0.2) is 4.98 Å². The van der Waals surface area contributed by atoms with Crippen molar-refractivity contribution in [3.05, 3.63) is 77.8 Å². The van der Waals surface area contributed by atoms with Crippen LogP contribution >= 0.6 is 11.6 Å². The first-order chi connectivity index (χ1) is 9.84. The highest BCUT2D eigenvalue weighted by Gasteiger charge is 2.08. The Morgan fingerprint density at radius 1 is 1.05 bits per heavy atom. The predicted octanol–water partition coefficient (Wildman–Crippen LogP) is 4.14. The second-order valence-corrected chi connectivity index (χ2v) is 4.85. The van der Waals surface area contributed by atoms with Crippen molar-refractivity contribution >= 4 is 17.3 Å². The number of aromatic nitrogens is 2. The summed E-state index contributed by atoms with van der Waals surface area (Å²) in [6.45, 7) is 0.753. The quantitative estimate of drug-likeness (QED) is 0.780. The van der Waals surface area contributed by atoms with Crippen molar-refractivity contribution in [1.29, 1.82) is 0 Å². The average molecular weight is 284 g/mol. The molecule has 20 heavy (non-hydrogen) atoms. The highest BCUT2D eigenvalue weighted by atomic mass is 35.5. The Kier molecular flexibility index (Phi) is 3.70. The lowest BCUT2D eigenvalue weighted by atomic mass is 10.2. The fourth-order valence-electron chi connectivity index (χ4n) is 2.10. The molecule has 0 atom stereocenters. The van der Waals surface area contributed by atoms with Gasteiger partial charge in [0.2, 0.25) is 0 Å². The molecule has 1 N–H and O–H groups in total. The van der Waals surface area contributed by atoms with Crippen molar-refractivity contribution in [2.45, 2.75) is 6.54 Å². The molecule has 0 fully saturated rings. The number of benzene rings is 2. The molecule has 0 bridgehead atoms. The second-order valence-electron chi connectivity index (χ2n) is 4.45. The Hall–Kier alpha value is -2.26. The zero-order chi connectivity index (χ0) is 13.8. The Morgan fingerprint density at radius 2 is 1.90 bits per heavy atom. The summed E-state index contributed by atoms with van der Waals surface area (Å²) in [5.41, 5.74) is 3.13. The Bertz CT molecular complexity index is 678. The molecule has 0 aliphatic carbocycles. The Balaban J connectivity index is 1.88. The smallest absolute Gasteiger partial charge is 0.0992 e. The van der Waals surface area contributed by atoms with Gasteiger partial charge in [-0.15, -0.1) is 0 Å². The molecule has 0 saturated heterocycles. The van der Waals surface area contributed by atoms with E-state index in [1.165, 1.54) is 5.56 Å². The summed E-state index contributed by atoms with van der Waals surface area (Å²) in [6.07, 6.45) is 5.37. The number of hydrogen-bond donors (Lipinski definition) is 1. The number of nitrogens with zero attached hydrogens (tertiary/aromatic N) is 2. The van der Waals surface area contributed by atoms with Crippen molar-refractivity contribution in [1.82, 2.24) is 9.55 Å². The molecule has 0 radical (unpaired) electrons. The van der Waals surface area contributed by atoms with Gasteiger partial charge in [-0.1, -0.05) is 48.0 Å². The summed E-state index contributed by atoms with van der Waals surface area (Å²) in [5.74, 6) is 0. The summed E-state index contributed by atoms with van der Waals surface area (Å²) in [5, 5.41) is 4.12. The molecule has 0 saturated carbocycles. The predicted molar refractivity (Wildman–Crippen MR) is 82.3 cm³/mol. The van der Waals surface area contributed by atoms with E-state index in [2.05, 4.69) is 22.4 Å². The van der Waals surface area contributed by atoms with Gasteiger partial charge in [-0.05, 0) is 17.7 Å². The van der Waals surface area contributed by atoms with E-state index in [0.717, 1.165) is 17.9 Å². The fraction of sp³-hybridized carbons (Fsp3) is 0.0625. The van der Waals surface area contributed by atoms with Gasteiger partial charge in [-0.3, -0.25) is 0 Å². The van der Waals surface area contributed by atoms with Crippen LogP contribution in [0, 0.1) is 0 Å². The van der Waals surface area contributed by atoms with Crippen LogP contribution < -0.4 is 5.32 Å². The van der Waals surface area contributed by atoms with Gasteiger partial charge in [0.25, 0.3) is 0 Å². The maximum Gasteiger partial charge on any atom is 0.0992 e. The lowest BCUT2D eigenvalue weighted by molar-refractivity contribution is 1.04. The monoisotopic (exact) mass is 283 g/mol. The summed E-state index contributed by atoms with van der Waals surface area (Å²) < 4.78 is 1.91. The molecule has 2 aromatic carbocycles. The number of imidazole rings is 1. The number of rotatable bonds is 4. The first-order valence-corrected chi connectivity index (χ1v) is 6.77. The molecule has 0 aliphatic rings. The molecule has 1 heterocycles. The van der Waals surface area contributed by atoms with Crippen LogP contribution in [0.4, 0.5) is 5.69 Å². The molecule has 4 heteroatoms. The number of hydrogen-bond acceptors (Lipinski definition) is 2. The van der Waals surface area contributed by atoms with Crippen LogP contribution in [-0.2, 0) is 6.54 Å². The van der Waals surface area contributed by atoms with Gasteiger partial charge in [0.15, 0.2) is 0 Å². The SMILES string of the molecule is Clc1cccc(NCc2ccccc2)c1-n1ccnc1. The van der Waals surface area contributed by atoms with E-state index in [1.807, 2.05) is 47.2 Å². The number of halogens is 1. The number of nitrogens with one attached hydrogen (secondary N) is 1. The van der Waals surface area contributed by atoms with E-state index in [4.69, 9.17) is 11.6 Å². The molecule has 0 spiro atoms. The Morgan fingerprint density at radius 3 is 2.65 bits per heavy atom. The van der Waals surface area contributed by atoms with Crippen molar-refractivity contribution in [3.63, 3.8) is 0 Å².